The third-order valence-corrected chi connectivity index (χ3v) is 5.08. The molecule has 1 N–H and O–H groups in total. The van der Waals surface area contributed by atoms with Gasteiger partial charge in [0.2, 0.25) is 0 Å². The first-order valence-corrected chi connectivity index (χ1v) is 8.91. The lowest BCUT2D eigenvalue weighted by atomic mass is 9.89. The van der Waals surface area contributed by atoms with E-state index in [4.69, 9.17) is 4.74 Å². The van der Waals surface area contributed by atoms with E-state index in [1.54, 1.807) is 0 Å². The Hall–Kier alpha value is -1.88. The van der Waals surface area contributed by atoms with Crippen LogP contribution in [0.25, 0.3) is 0 Å². The van der Waals surface area contributed by atoms with E-state index < -0.39 is 0 Å². The van der Waals surface area contributed by atoms with Crippen molar-refractivity contribution < 1.29 is 14.3 Å². The lowest BCUT2D eigenvalue weighted by molar-refractivity contribution is 0.0788. The van der Waals surface area contributed by atoms with E-state index >= 15 is 0 Å². The minimum Gasteiger partial charge on any atom is -0.376 e. The van der Waals surface area contributed by atoms with Gasteiger partial charge in [0.05, 0.1) is 12.1 Å². The number of amides is 2. The molecule has 3 rings (SSSR count). The molecule has 2 saturated heterocycles. The molecule has 5 nitrogen and oxygen atoms in total. The normalized spacial score (nSPS) is 23.0. The van der Waals surface area contributed by atoms with Crippen LogP contribution in [0.1, 0.15) is 43.0 Å². The summed E-state index contributed by atoms with van der Waals surface area (Å²) in [6, 6.07) is 9.42. The molecular formula is C19H26N2O3. The summed E-state index contributed by atoms with van der Waals surface area (Å²) < 4.78 is 5.62. The number of hydrogen-bond acceptors (Lipinski definition) is 3. The van der Waals surface area contributed by atoms with Crippen LogP contribution in [0.3, 0.4) is 0 Å². The number of benzene rings is 1. The SMILES string of the molecule is C[C@H](NC(=O)N1CCC(C(=O)c2ccccc2)CC1)[C@@H]1CCCO1. The van der Waals surface area contributed by atoms with Gasteiger partial charge in [0.15, 0.2) is 5.78 Å². The van der Waals surface area contributed by atoms with Gasteiger partial charge < -0.3 is 15.0 Å². The van der Waals surface area contributed by atoms with Crippen molar-refractivity contribution in [1.29, 1.82) is 0 Å². The lowest BCUT2D eigenvalue weighted by Crippen LogP contribution is -2.50. The van der Waals surface area contributed by atoms with E-state index in [1.165, 1.54) is 0 Å². The molecule has 1 aromatic rings. The molecule has 0 unspecified atom stereocenters. The summed E-state index contributed by atoms with van der Waals surface area (Å²) in [5, 5.41) is 3.04. The van der Waals surface area contributed by atoms with Crippen LogP contribution in [0.4, 0.5) is 4.79 Å². The van der Waals surface area contributed by atoms with Crippen LogP contribution >= 0.6 is 0 Å². The topological polar surface area (TPSA) is 58.6 Å². The lowest BCUT2D eigenvalue weighted by Gasteiger charge is -2.33. The van der Waals surface area contributed by atoms with Crippen LogP contribution in [0, 0.1) is 5.92 Å². The molecule has 1 aromatic carbocycles. The molecule has 0 radical (unpaired) electrons. The van der Waals surface area contributed by atoms with Crippen LogP contribution in [0.5, 0.6) is 0 Å². The zero-order valence-corrected chi connectivity index (χ0v) is 14.2. The number of ketones is 1. The fourth-order valence-electron chi connectivity index (χ4n) is 3.56. The maximum atomic E-state index is 12.5. The first kappa shape index (κ1) is 17.0. The van der Waals surface area contributed by atoms with Crippen molar-refractivity contribution in [3.05, 3.63) is 35.9 Å². The molecule has 2 heterocycles. The van der Waals surface area contributed by atoms with Crippen molar-refractivity contribution in [3.63, 3.8) is 0 Å². The van der Waals surface area contributed by atoms with E-state index in [1.807, 2.05) is 42.2 Å². The van der Waals surface area contributed by atoms with Gasteiger partial charge in [-0.25, -0.2) is 4.79 Å². The van der Waals surface area contributed by atoms with Crippen molar-refractivity contribution in [2.45, 2.75) is 44.8 Å². The van der Waals surface area contributed by atoms with Gasteiger partial charge in [-0.3, -0.25) is 4.79 Å². The summed E-state index contributed by atoms with van der Waals surface area (Å²) in [7, 11) is 0. The quantitative estimate of drug-likeness (QED) is 0.864. The number of rotatable bonds is 4. The number of carbonyl (C=O) groups is 2. The molecule has 2 fully saturated rings. The third-order valence-electron chi connectivity index (χ3n) is 5.08. The minimum atomic E-state index is -0.0383. The van der Waals surface area contributed by atoms with Gasteiger partial charge in [0.25, 0.3) is 0 Å². The Labute approximate surface area is 143 Å². The molecule has 130 valence electrons. The molecule has 0 bridgehead atoms. The number of nitrogens with zero attached hydrogens (tertiary/aromatic N) is 1. The van der Waals surface area contributed by atoms with Crippen molar-refractivity contribution in [3.8, 4) is 0 Å². The van der Waals surface area contributed by atoms with Gasteiger partial charge >= 0.3 is 6.03 Å². The second-order valence-corrected chi connectivity index (χ2v) is 6.78. The van der Waals surface area contributed by atoms with E-state index in [-0.39, 0.29) is 29.9 Å². The summed E-state index contributed by atoms with van der Waals surface area (Å²) in [4.78, 5) is 26.7. The highest BCUT2D eigenvalue weighted by Gasteiger charge is 2.30. The van der Waals surface area contributed by atoms with Crippen LogP contribution in [0.2, 0.25) is 0 Å². The molecule has 0 aromatic heterocycles. The molecule has 2 amide bonds. The fraction of sp³-hybridized carbons (Fsp3) is 0.579. The predicted octanol–water partition coefficient (Wildman–Crippen LogP) is 2.86. The van der Waals surface area contributed by atoms with Gasteiger partial charge in [-0.05, 0) is 32.6 Å². The highest BCUT2D eigenvalue weighted by Crippen LogP contribution is 2.22. The van der Waals surface area contributed by atoms with Crippen molar-refractivity contribution in [2.75, 3.05) is 19.7 Å². The number of likely N-dealkylation sites (tertiary alicyclic amines) is 1. The standard InChI is InChI=1S/C19H26N2O3/c1-14(17-8-5-13-24-17)20-19(23)21-11-9-16(10-12-21)18(22)15-6-3-2-4-7-15/h2-4,6-7,14,16-17H,5,8-13H2,1H3,(H,20,23)/t14-,17-/m0/s1. The highest BCUT2D eigenvalue weighted by atomic mass is 16.5. The second-order valence-electron chi connectivity index (χ2n) is 6.78. The Kier molecular flexibility index (Phi) is 5.51. The largest absolute Gasteiger partial charge is 0.376 e. The molecular weight excluding hydrogens is 304 g/mol. The Morgan fingerprint density at radius 1 is 1.17 bits per heavy atom. The Morgan fingerprint density at radius 3 is 2.50 bits per heavy atom. The number of ether oxygens (including phenoxy) is 1. The van der Waals surface area contributed by atoms with E-state index in [0.717, 1.165) is 37.9 Å². The molecule has 0 saturated carbocycles. The van der Waals surface area contributed by atoms with Crippen LogP contribution in [0.15, 0.2) is 30.3 Å². The van der Waals surface area contributed by atoms with Crippen molar-refractivity contribution >= 4 is 11.8 Å². The molecule has 24 heavy (non-hydrogen) atoms. The van der Waals surface area contributed by atoms with Gasteiger partial charge in [0, 0.05) is 31.2 Å². The number of Topliss-reactive ketones (excluding diaryl/α,β-unsaturated/α-hetero) is 1. The molecule has 2 aliphatic rings. The predicted molar refractivity (Wildman–Crippen MR) is 92.0 cm³/mol. The molecule has 0 aliphatic carbocycles. The van der Waals surface area contributed by atoms with Crippen molar-refractivity contribution in [2.24, 2.45) is 5.92 Å². The minimum absolute atomic E-state index is 0.0204. The van der Waals surface area contributed by atoms with Gasteiger partial charge in [-0.1, -0.05) is 30.3 Å². The number of nitrogens with one attached hydrogen (secondary N) is 1. The zero-order valence-electron chi connectivity index (χ0n) is 14.2. The number of carbonyl (C=O) groups excluding carboxylic acids is 2. The Morgan fingerprint density at radius 2 is 1.88 bits per heavy atom. The fourth-order valence-corrected chi connectivity index (χ4v) is 3.56. The van der Waals surface area contributed by atoms with Crippen molar-refractivity contribution in [1.82, 2.24) is 10.2 Å². The smallest absolute Gasteiger partial charge is 0.317 e. The molecule has 2 atom stereocenters. The van der Waals surface area contributed by atoms with Crippen LogP contribution < -0.4 is 5.32 Å². The Bertz CT molecular complexity index is 561. The van der Waals surface area contributed by atoms with E-state index in [2.05, 4.69) is 5.32 Å². The van der Waals surface area contributed by atoms with E-state index in [9.17, 15) is 9.59 Å². The van der Waals surface area contributed by atoms with Crippen LogP contribution in [-0.4, -0.2) is 48.6 Å². The number of urea groups is 1. The van der Waals surface area contributed by atoms with Gasteiger partial charge in [-0.2, -0.15) is 0 Å². The summed E-state index contributed by atoms with van der Waals surface area (Å²) in [6.45, 7) is 4.05. The first-order chi connectivity index (χ1) is 11.6. The Balaban J connectivity index is 1.47. The maximum Gasteiger partial charge on any atom is 0.317 e. The molecule has 2 aliphatic heterocycles. The monoisotopic (exact) mass is 330 g/mol. The molecule has 5 heteroatoms. The van der Waals surface area contributed by atoms with Gasteiger partial charge in [0.1, 0.15) is 0 Å². The second kappa shape index (κ2) is 7.79. The summed E-state index contributed by atoms with van der Waals surface area (Å²) in [5.41, 5.74) is 0.771. The summed E-state index contributed by atoms with van der Waals surface area (Å²) in [5.74, 6) is 0.218. The maximum absolute atomic E-state index is 12.5. The molecule has 0 spiro atoms. The average molecular weight is 330 g/mol. The third kappa shape index (κ3) is 3.96. The number of hydrogen-bond donors (Lipinski definition) is 1. The highest BCUT2D eigenvalue weighted by molar-refractivity contribution is 5.97. The zero-order chi connectivity index (χ0) is 16.9. The van der Waals surface area contributed by atoms with Gasteiger partial charge in [-0.15, -0.1) is 0 Å². The van der Waals surface area contributed by atoms with E-state index in [0.29, 0.717) is 13.1 Å². The number of piperidine rings is 1. The summed E-state index contributed by atoms with van der Waals surface area (Å²) >= 11 is 0. The summed E-state index contributed by atoms with van der Waals surface area (Å²) in [6.07, 6.45) is 3.67. The average Bonchev–Trinajstić information content (AvgIpc) is 3.17. The first-order valence-electron chi connectivity index (χ1n) is 8.91. The van der Waals surface area contributed by atoms with Crippen LogP contribution in [-0.2, 0) is 4.74 Å².